The van der Waals surface area contributed by atoms with Crippen molar-refractivity contribution in [1.29, 1.82) is 0 Å². The van der Waals surface area contributed by atoms with Crippen LogP contribution in [0.5, 0.6) is 0 Å². The molecule has 0 atom stereocenters. The van der Waals surface area contributed by atoms with E-state index in [0.717, 1.165) is 85.2 Å². The van der Waals surface area contributed by atoms with Gasteiger partial charge in [0.15, 0.2) is 17.1 Å². The zero-order valence-corrected chi connectivity index (χ0v) is 21.8. The number of pyridine rings is 3. The lowest BCUT2D eigenvalue weighted by molar-refractivity contribution is -0.119. The van der Waals surface area contributed by atoms with E-state index in [2.05, 4.69) is 52.3 Å². The van der Waals surface area contributed by atoms with Gasteiger partial charge < -0.3 is 20.1 Å². The molecule has 6 heterocycles. The first-order chi connectivity index (χ1) is 19.1. The van der Waals surface area contributed by atoms with E-state index in [4.69, 9.17) is 4.98 Å². The highest BCUT2D eigenvalue weighted by atomic mass is 16.1. The molecule has 0 spiro atoms. The minimum absolute atomic E-state index is 0.0755. The fourth-order valence-electron chi connectivity index (χ4n) is 5.65. The maximum absolute atomic E-state index is 12.6. The van der Waals surface area contributed by atoms with E-state index in [-0.39, 0.29) is 11.8 Å². The van der Waals surface area contributed by atoms with Gasteiger partial charge in [-0.15, -0.1) is 0 Å². The third-order valence-electron chi connectivity index (χ3n) is 7.91. The van der Waals surface area contributed by atoms with Crippen LogP contribution < -0.4 is 10.2 Å². The Morgan fingerprint density at radius 3 is 2.67 bits per heavy atom. The van der Waals surface area contributed by atoms with E-state index in [1.165, 1.54) is 0 Å². The number of fused-ring (bicyclic) bond motifs is 2. The van der Waals surface area contributed by atoms with E-state index in [9.17, 15) is 4.79 Å². The number of nitrogens with zero attached hydrogens (tertiary/aromatic N) is 7. The average molecular weight is 523 g/mol. The summed E-state index contributed by atoms with van der Waals surface area (Å²) in [6.45, 7) is 3.93. The lowest BCUT2D eigenvalue weighted by Gasteiger charge is -2.33. The molecule has 5 aromatic heterocycles. The van der Waals surface area contributed by atoms with Crippen molar-refractivity contribution in [2.75, 3.05) is 43.4 Å². The van der Waals surface area contributed by atoms with E-state index >= 15 is 0 Å². The molecule has 1 saturated carbocycles. The number of aromatic amines is 2. The van der Waals surface area contributed by atoms with Gasteiger partial charge in [-0.1, -0.05) is 12.8 Å². The number of likely N-dealkylation sites (N-methyl/N-ethyl adjacent to an activating group) is 1. The summed E-state index contributed by atoms with van der Waals surface area (Å²) in [6, 6.07) is 6.00. The number of imidazole rings is 1. The van der Waals surface area contributed by atoms with Crippen LogP contribution in [0.4, 0.5) is 11.4 Å². The van der Waals surface area contributed by atoms with Crippen LogP contribution in [0.2, 0.25) is 0 Å². The standard InChI is InChI=1S/C28H30N10O/c1-37-8-10-38(11-9-37)22-6-7-30-26-24(22)33-27(34-26)23-21-13-19(15-31-25(21)36-35-23)18-12-20(16-29-14-18)32-28(39)17-4-2-3-5-17/h6-7,12-17H,2-5,8-11H2,1H3,(H,32,39)(H,30,33,34)(H,31,35,36). The fraction of sp³-hybridized carbons (Fsp3) is 0.357. The molecule has 1 aliphatic heterocycles. The third-order valence-corrected chi connectivity index (χ3v) is 7.91. The molecule has 0 bridgehead atoms. The average Bonchev–Trinajstić information content (AvgIpc) is 3.73. The molecule has 1 saturated heterocycles. The number of anilines is 2. The number of hydrogen-bond acceptors (Lipinski definition) is 8. The molecule has 3 N–H and O–H groups in total. The smallest absolute Gasteiger partial charge is 0.227 e. The van der Waals surface area contributed by atoms with Crippen molar-refractivity contribution in [3.8, 4) is 22.6 Å². The molecule has 0 unspecified atom stereocenters. The number of aromatic nitrogens is 7. The summed E-state index contributed by atoms with van der Waals surface area (Å²) in [7, 11) is 2.15. The van der Waals surface area contributed by atoms with Crippen LogP contribution in [0, 0.1) is 5.92 Å². The Labute approximate surface area is 225 Å². The Morgan fingerprint density at radius 2 is 1.82 bits per heavy atom. The Kier molecular flexibility index (Phi) is 5.92. The highest BCUT2D eigenvalue weighted by molar-refractivity contribution is 5.96. The molecule has 11 heteroatoms. The van der Waals surface area contributed by atoms with Crippen LogP contribution in [0.15, 0.2) is 43.0 Å². The molecule has 0 radical (unpaired) electrons. The van der Waals surface area contributed by atoms with Crippen LogP contribution in [-0.4, -0.2) is 79.2 Å². The lowest BCUT2D eigenvalue weighted by Crippen LogP contribution is -2.44. The molecule has 198 valence electrons. The third kappa shape index (κ3) is 4.48. The second-order valence-corrected chi connectivity index (χ2v) is 10.5. The quantitative estimate of drug-likeness (QED) is 0.317. The summed E-state index contributed by atoms with van der Waals surface area (Å²) >= 11 is 0. The minimum Gasteiger partial charge on any atom is -0.367 e. The zero-order chi connectivity index (χ0) is 26.3. The second kappa shape index (κ2) is 9.73. The fourth-order valence-corrected chi connectivity index (χ4v) is 5.65. The van der Waals surface area contributed by atoms with Gasteiger partial charge in [0.2, 0.25) is 5.91 Å². The van der Waals surface area contributed by atoms with Crippen LogP contribution in [0.3, 0.4) is 0 Å². The molecular weight excluding hydrogens is 492 g/mol. The highest BCUT2D eigenvalue weighted by Gasteiger charge is 2.23. The Morgan fingerprint density at radius 1 is 1.00 bits per heavy atom. The van der Waals surface area contributed by atoms with E-state index in [1.54, 1.807) is 18.6 Å². The number of hydrogen-bond donors (Lipinski definition) is 3. The van der Waals surface area contributed by atoms with Gasteiger partial charge >= 0.3 is 0 Å². The van der Waals surface area contributed by atoms with Crippen molar-refractivity contribution in [1.82, 2.24) is 40.0 Å². The van der Waals surface area contributed by atoms with Crippen LogP contribution >= 0.6 is 0 Å². The molecule has 1 amide bonds. The molecule has 1 aliphatic carbocycles. The van der Waals surface area contributed by atoms with Gasteiger partial charge in [-0.25, -0.2) is 15.0 Å². The van der Waals surface area contributed by atoms with Crippen LogP contribution in [-0.2, 0) is 4.79 Å². The highest BCUT2D eigenvalue weighted by Crippen LogP contribution is 2.32. The Balaban J connectivity index is 1.21. The molecule has 5 aromatic rings. The van der Waals surface area contributed by atoms with Gasteiger partial charge in [-0.05, 0) is 38.1 Å². The van der Waals surface area contributed by atoms with Crippen molar-refractivity contribution < 1.29 is 4.79 Å². The number of piperazine rings is 1. The van der Waals surface area contributed by atoms with E-state index < -0.39 is 0 Å². The molecule has 11 nitrogen and oxygen atoms in total. The zero-order valence-electron chi connectivity index (χ0n) is 21.8. The minimum atomic E-state index is 0.0755. The first-order valence-electron chi connectivity index (χ1n) is 13.5. The van der Waals surface area contributed by atoms with Gasteiger partial charge in [-0.2, -0.15) is 5.10 Å². The first-order valence-corrected chi connectivity index (χ1v) is 13.5. The number of carbonyl (C=O) groups excluding carboxylic acids is 1. The molecule has 0 aromatic carbocycles. The summed E-state index contributed by atoms with van der Waals surface area (Å²) < 4.78 is 0. The summed E-state index contributed by atoms with van der Waals surface area (Å²) in [5, 5.41) is 11.5. The van der Waals surface area contributed by atoms with Crippen molar-refractivity contribution >= 4 is 39.5 Å². The maximum Gasteiger partial charge on any atom is 0.227 e. The number of amides is 1. The van der Waals surface area contributed by atoms with Gasteiger partial charge in [0.05, 0.1) is 23.0 Å². The van der Waals surface area contributed by atoms with Gasteiger partial charge in [0.25, 0.3) is 0 Å². The summed E-state index contributed by atoms with van der Waals surface area (Å²) in [5.41, 5.74) is 6.43. The SMILES string of the molecule is CN1CCN(c2ccnc3[nH]c(-c4n[nH]c5ncc(-c6cncc(NC(=O)C7CCCC7)c6)cc45)nc23)CC1. The molecule has 39 heavy (non-hydrogen) atoms. The predicted molar refractivity (Wildman–Crippen MR) is 150 cm³/mol. The predicted octanol–water partition coefficient (Wildman–Crippen LogP) is 3.84. The van der Waals surface area contributed by atoms with Crippen molar-refractivity contribution in [2.24, 2.45) is 5.92 Å². The Bertz CT molecular complexity index is 1660. The number of carbonyl (C=O) groups is 1. The monoisotopic (exact) mass is 522 g/mol. The lowest BCUT2D eigenvalue weighted by atomic mass is 10.1. The van der Waals surface area contributed by atoms with Gasteiger partial charge in [-0.3, -0.25) is 14.9 Å². The summed E-state index contributed by atoms with van der Waals surface area (Å²) in [6.07, 6.45) is 11.2. The summed E-state index contributed by atoms with van der Waals surface area (Å²) in [5.74, 6) is 0.807. The second-order valence-electron chi connectivity index (χ2n) is 10.5. The van der Waals surface area contributed by atoms with Gasteiger partial charge in [0.1, 0.15) is 11.2 Å². The normalized spacial score (nSPS) is 16.9. The molecule has 2 aliphatic rings. The van der Waals surface area contributed by atoms with E-state index in [0.29, 0.717) is 22.9 Å². The van der Waals surface area contributed by atoms with Gasteiger partial charge in [0, 0.05) is 61.8 Å². The molecule has 2 fully saturated rings. The van der Waals surface area contributed by atoms with Crippen molar-refractivity contribution in [2.45, 2.75) is 25.7 Å². The Hall–Kier alpha value is -4.38. The largest absolute Gasteiger partial charge is 0.367 e. The van der Waals surface area contributed by atoms with Crippen molar-refractivity contribution in [3.63, 3.8) is 0 Å². The molecular formula is C28H30N10O. The number of nitrogens with one attached hydrogen (secondary N) is 3. The first kappa shape index (κ1) is 23.7. The van der Waals surface area contributed by atoms with E-state index in [1.807, 2.05) is 24.4 Å². The maximum atomic E-state index is 12.6. The topological polar surface area (TPSA) is 132 Å². The number of rotatable bonds is 5. The van der Waals surface area contributed by atoms with Crippen LogP contribution in [0.1, 0.15) is 25.7 Å². The molecule has 7 rings (SSSR count). The number of H-pyrrole nitrogens is 2. The van der Waals surface area contributed by atoms with Crippen molar-refractivity contribution in [3.05, 3.63) is 43.0 Å². The van der Waals surface area contributed by atoms with Crippen LogP contribution in [0.25, 0.3) is 44.8 Å². The summed E-state index contributed by atoms with van der Waals surface area (Å²) in [4.78, 5) is 39.2.